The number of rotatable bonds is 2. The molecule has 0 aromatic rings. The number of nitrogens with two attached hydrogens (primary N) is 1. The Morgan fingerprint density at radius 2 is 2.00 bits per heavy atom. The molecule has 0 saturated heterocycles. The molecule has 13 heavy (non-hydrogen) atoms. The fourth-order valence-corrected chi connectivity index (χ4v) is 1.96. The largest absolute Gasteiger partial charge is 0.465 e. The van der Waals surface area contributed by atoms with Gasteiger partial charge >= 0.3 is 6.09 Å². The summed E-state index contributed by atoms with van der Waals surface area (Å²) >= 11 is 0. The molecule has 0 spiro atoms. The van der Waals surface area contributed by atoms with Gasteiger partial charge in [-0.2, -0.15) is 0 Å². The highest BCUT2D eigenvalue weighted by atomic mass is 16.4. The predicted molar refractivity (Wildman–Crippen MR) is 50.6 cm³/mol. The maximum Gasteiger partial charge on any atom is 0.404 e. The van der Waals surface area contributed by atoms with Crippen LogP contribution in [0, 0.1) is 5.92 Å². The first kappa shape index (κ1) is 10.3. The third-order valence-electron chi connectivity index (χ3n) is 2.87. The standard InChI is InChI=1S/C9H18N2O2/c1-6(11-9(12)13)7-2-4-8(10)5-3-7/h6-8,11H,2-5,10H2,1H3,(H,12,13)/t6-,7?,8?/m1/s1. The van der Waals surface area contributed by atoms with Gasteiger partial charge in [0.15, 0.2) is 0 Å². The number of hydrogen-bond acceptors (Lipinski definition) is 2. The van der Waals surface area contributed by atoms with E-state index in [-0.39, 0.29) is 6.04 Å². The molecule has 76 valence electrons. The lowest BCUT2D eigenvalue weighted by molar-refractivity contribution is 0.179. The molecule has 0 heterocycles. The van der Waals surface area contributed by atoms with Crippen molar-refractivity contribution in [1.29, 1.82) is 0 Å². The van der Waals surface area contributed by atoms with Crippen LogP contribution in [-0.2, 0) is 0 Å². The van der Waals surface area contributed by atoms with E-state index in [0.717, 1.165) is 25.7 Å². The zero-order valence-electron chi connectivity index (χ0n) is 7.99. The molecule has 1 amide bonds. The molecular formula is C9H18N2O2. The summed E-state index contributed by atoms with van der Waals surface area (Å²) in [6, 6.07) is 0.387. The summed E-state index contributed by atoms with van der Waals surface area (Å²) in [4.78, 5) is 10.4. The Morgan fingerprint density at radius 1 is 1.46 bits per heavy atom. The van der Waals surface area contributed by atoms with E-state index >= 15 is 0 Å². The Balaban J connectivity index is 2.31. The Bertz CT molecular complexity index is 176. The van der Waals surface area contributed by atoms with Crippen molar-refractivity contribution in [3.05, 3.63) is 0 Å². The third-order valence-corrected chi connectivity index (χ3v) is 2.87. The van der Waals surface area contributed by atoms with Crippen LogP contribution < -0.4 is 11.1 Å². The van der Waals surface area contributed by atoms with Gasteiger partial charge in [0.05, 0.1) is 0 Å². The van der Waals surface area contributed by atoms with E-state index in [1.165, 1.54) is 0 Å². The van der Waals surface area contributed by atoms with Crippen LogP contribution in [0.5, 0.6) is 0 Å². The number of hydrogen-bond donors (Lipinski definition) is 3. The first-order chi connectivity index (χ1) is 6.09. The first-order valence-corrected chi connectivity index (χ1v) is 4.84. The van der Waals surface area contributed by atoms with Crippen LogP contribution in [0.25, 0.3) is 0 Å². The van der Waals surface area contributed by atoms with Crippen molar-refractivity contribution in [3.8, 4) is 0 Å². The summed E-state index contributed by atoms with van der Waals surface area (Å²) < 4.78 is 0. The normalized spacial score (nSPS) is 30.9. The Hall–Kier alpha value is -0.770. The summed E-state index contributed by atoms with van der Waals surface area (Å²) in [6.45, 7) is 1.93. The molecule has 0 aliphatic heterocycles. The van der Waals surface area contributed by atoms with Gasteiger partial charge in [0.2, 0.25) is 0 Å². The van der Waals surface area contributed by atoms with E-state index in [0.29, 0.717) is 12.0 Å². The van der Waals surface area contributed by atoms with Crippen LogP contribution in [0.1, 0.15) is 32.6 Å². The molecule has 4 heteroatoms. The lowest BCUT2D eigenvalue weighted by atomic mass is 9.82. The highest BCUT2D eigenvalue weighted by Crippen LogP contribution is 2.25. The molecule has 0 radical (unpaired) electrons. The van der Waals surface area contributed by atoms with Crippen LogP contribution in [-0.4, -0.2) is 23.3 Å². The van der Waals surface area contributed by atoms with E-state index < -0.39 is 6.09 Å². The molecule has 0 bridgehead atoms. The molecule has 1 aliphatic carbocycles. The minimum Gasteiger partial charge on any atom is -0.465 e. The quantitative estimate of drug-likeness (QED) is 0.605. The lowest BCUT2D eigenvalue weighted by Crippen LogP contribution is -2.40. The van der Waals surface area contributed by atoms with Gasteiger partial charge in [-0.15, -0.1) is 0 Å². The van der Waals surface area contributed by atoms with Gasteiger partial charge in [-0.3, -0.25) is 0 Å². The van der Waals surface area contributed by atoms with Crippen LogP contribution >= 0.6 is 0 Å². The molecule has 1 fully saturated rings. The maximum absolute atomic E-state index is 10.4. The molecule has 1 aliphatic rings. The Labute approximate surface area is 78.5 Å². The van der Waals surface area contributed by atoms with Crippen LogP contribution in [0.2, 0.25) is 0 Å². The van der Waals surface area contributed by atoms with Gasteiger partial charge in [-0.05, 0) is 38.5 Å². The fourth-order valence-electron chi connectivity index (χ4n) is 1.96. The van der Waals surface area contributed by atoms with Crippen molar-refractivity contribution in [3.63, 3.8) is 0 Å². The minimum absolute atomic E-state index is 0.0602. The monoisotopic (exact) mass is 186 g/mol. The van der Waals surface area contributed by atoms with E-state index in [2.05, 4.69) is 5.32 Å². The highest BCUT2D eigenvalue weighted by Gasteiger charge is 2.24. The van der Waals surface area contributed by atoms with E-state index in [9.17, 15) is 4.79 Å². The van der Waals surface area contributed by atoms with Gasteiger partial charge in [-0.25, -0.2) is 4.79 Å². The number of nitrogens with one attached hydrogen (secondary N) is 1. The van der Waals surface area contributed by atoms with Crippen molar-refractivity contribution >= 4 is 6.09 Å². The van der Waals surface area contributed by atoms with Crippen molar-refractivity contribution in [2.75, 3.05) is 0 Å². The second-order valence-electron chi connectivity index (χ2n) is 3.91. The van der Waals surface area contributed by atoms with Crippen molar-refractivity contribution in [2.24, 2.45) is 11.7 Å². The molecule has 1 rings (SSSR count). The number of carbonyl (C=O) groups is 1. The van der Waals surface area contributed by atoms with Crippen molar-refractivity contribution < 1.29 is 9.90 Å². The average molecular weight is 186 g/mol. The molecule has 4 nitrogen and oxygen atoms in total. The van der Waals surface area contributed by atoms with Crippen molar-refractivity contribution in [1.82, 2.24) is 5.32 Å². The zero-order valence-corrected chi connectivity index (χ0v) is 7.99. The molecule has 0 aromatic carbocycles. The third kappa shape index (κ3) is 3.22. The highest BCUT2D eigenvalue weighted by molar-refractivity contribution is 5.64. The van der Waals surface area contributed by atoms with E-state index in [4.69, 9.17) is 10.8 Å². The zero-order chi connectivity index (χ0) is 9.84. The summed E-state index contributed by atoms with van der Waals surface area (Å²) in [7, 11) is 0. The summed E-state index contributed by atoms with van der Waals surface area (Å²) in [6.07, 6.45) is 3.21. The average Bonchev–Trinajstić information content (AvgIpc) is 2.04. The number of carboxylic acid groups (broad SMARTS) is 1. The summed E-state index contributed by atoms with van der Waals surface area (Å²) in [5, 5.41) is 11.0. The minimum atomic E-state index is -0.928. The van der Waals surface area contributed by atoms with Crippen LogP contribution in [0.3, 0.4) is 0 Å². The van der Waals surface area contributed by atoms with Gasteiger partial charge in [0.25, 0.3) is 0 Å². The lowest BCUT2D eigenvalue weighted by Gasteiger charge is -2.30. The second kappa shape index (κ2) is 4.46. The van der Waals surface area contributed by atoms with Crippen LogP contribution in [0.4, 0.5) is 4.79 Å². The molecule has 1 saturated carbocycles. The molecule has 0 unspecified atom stereocenters. The second-order valence-corrected chi connectivity index (χ2v) is 3.91. The maximum atomic E-state index is 10.4. The molecule has 4 N–H and O–H groups in total. The molecule has 0 aromatic heterocycles. The smallest absolute Gasteiger partial charge is 0.404 e. The fraction of sp³-hybridized carbons (Fsp3) is 0.889. The van der Waals surface area contributed by atoms with Crippen LogP contribution in [0.15, 0.2) is 0 Å². The topological polar surface area (TPSA) is 75.3 Å². The summed E-state index contributed by atoms with van der Waals surface area (Å²) in [5.41, 5.74) is 5.76. The SMILES string of the molecule is C[C@@H](NC(=O)O)C1CCC(N)CC1. The summed E-state index contributed by atoms with van der Waals surface area (Å²) in [5.74, 6) is 0.468. The van der Waals surface area contributed by atoms with E-state index in [1.807, 2.05) is 6.92 Å². The van der Waals surface area contributed by atoms with E-state index in [1.54, 1.807) is 0 Å². The molecule has 1 atom stereocenters. The van der Waals surface area contributed by atoms with Gasteiger partial charge < -0.3 is 16.2 Å². The Kier molecular flexibility index (Phi) is 3.54. The first-order valence-electron chi connectivity index (χ1n) is 4.84. The van der Waals surface area contributed by atoms with Gasteiger partial charge in [0, 0.05) is 12.1 Å². The Morgan fingerprint density at radius 3 is 2.46 bits per heavy atom. The van der Waals surface area contributed by atoms with Crippen molar-refractivity contribution in [2.45, 2.75) is 44.7 Å². The predicted octanol–water partition coefficient (Wildman–Crippen LogP) is 1.16. The van der Waals surface area contributed by atoms with Gasteiger partial charge in [-0.1, -0.05) is 0 Å². The molecular weight excluding hydrogens is 168 g/mol. The van der Waals surface area contributed by atoms with Gasteiger partial charge in [0.1, 0.15) is 0 Å². The number of amides is 1.